The lowest BCUT2D eigenvalue weighted by atomic mass is 10.3. The number of nitrogens with zero attached hydrogens (tertiary/aromatic N) is 3. The first-order chi connectivity index (χ1) is 7.90. The number of amides is 2. The van der Waals surface area contributed by atoms with Gasteiger partial charge in [-0.25, -0.2) is 0 Å². The van der Waals surface area contributed by atoms with Crippen LogP contribution in [0, 0.1) is 0 Å². The highest BCUT2D eigenvalue weighted by molar-refractivity contribution is 5.93. The molecular formula is C9H16N6O2. The predicted molar refractivity (Wildman–Crippen MR) is 61.0 cm³/mol. The van der Waals surface area contributed by atoms with Gasteiger partial charge in [0.15, 0.2) is 0 Å². The number of H-pyrrole nitrogens is 1. The van der Waals surface area contributed by atoms with Crippen LogP contribution in [0.15, 0.2) is 0 Å². The zero-order valence-corrected chi connectivity index (χ0v) is 10.0. The lowest BCUT2D eigenvalue weighted by Crippen LogP contribution is -2.41. The largest absolute Gasteiger partial charge is 0.366 e. The van der Waals surface area contributed by atoms with E-state index in [-0.39, 0.29) is 30.3 Å². The molecule has 0 spiro atoms. The smallest absolute Gasteiger partial charge is 0.291 e. The molecule has 0 aromatic carbocycles. The van der Waals surface area contributed by atoms with Crippen LogP contribution in [0.1, 0.15) is 24.5 Å². The molecule has 0 saturated carbocycles. The van der Waals surface area contributed by atoms with Crippen molar-refractivity contribution in [3.05, 3.63) is 5.82 Å². The van der Waals surface area contributed by atoms with E-state index in [1.165, 1.54) is 11.9 Å². The molecule has 1 aromatic rings. The second-order valence-electron chi connectivity index (χ2n) is 3.93. The molecule has 0 aliphatic carbocycles. The number of nitrogen functional groups attached to an aromatic ring is 1. The number of rotatable bonds is 4. The molecule has 4 N–H and O–H groups in total. The molecule has 8 nitrogen and oxygen atoms in total. The summed E-state index contributed by atoms with van der Waals surface area (Å²) in [6, 6.07) is 0.0342. The summed E-state index contributed by atoms with van der Waals surface area (Å²) in [6.45, 7) is 3.64. The Hall–Kier alpha value is -2.12. The molecule has 94 valence electrons. The minimum atomic E-state index is -0.437. The summed E-state index contributed by atoms with van der Waals surface area (Å²) in [5.74, 6) is -0.660. The molecule has 2 amide bonds. The van der Waals surface area contributed by atoms with Gasteiger partial charge >= 0.3 is 0 Å². The third kappa shape index (κ3) is 3.74. The second kappa shape index (κ2) is 5.28. The van der Waals surface area contributed by atoms with Gasteiger partial charge < -0.3 is 16.0 Å². The van der Waals surface area contributed by atoms with Crippen LogP contribution < -0.4 is 11.1 Å². The minimum absolute atomic E-state index is 0.00613. The van der Waals surface area contributed by atoms with Crippen LogP contribution in [0.2, 0.25) is 0 Å². The fourth-order valence-electron chi connectivity index (χ4n) is 1.21. The Morgan fingerprint density at radius 1 is 1.53 bits per heavy atom. The molecule has 17 heavy (non-hydrogen) atoms. The van der Waals surface area contributed by atoms with E-state index in [0.717, 1.165) is 0 Å². The summed E-state index contributed by atoms with van der Waals surface area (Å²) in [4.78, 5) is 28.1. The van der Waals surface area contributed by atoms with E-state index in [0.29, 0.717) is 0 Å². The van der Waals surface area contributed by atoms with Gasteiger partial charge in [-0.3, -0.25) is 14.7 Å². The van der Waals surface area contributed by atoms with Crippen LogP contribution >= 0.6 is 0 Å². The van der Waals surface area contributed by atoms with E-state index in [9.17, 15) is 9.59 Å². The normalized spacial score (nSPS) is 10.4. The number of aromatic amines is 1. The number of hydrogen-bond acceptors (Lipinski definition) is 5. The maximum Gasteiger partial charge on any atom is 0.291 e. The van der Waals surface area contributed by atoms with E-state index in [1.54, 1.807) is 0 Å². The SMILES string of the molecule is CC(C)NC(=O)CN(C)C(=O)c1nc(N)n[nH]1. The molecule has 0 atom stereocenters. The summed E-state index contributed by atoms with van der Waals surface area (Å²) in [7, 11) is 1.50. The third-order valence-corrected chi connectivity index (χ3v) is 1.88. The zero-order valence-electron chi connectivity index (χ0n) is 10.0. The first-order valence-electron chi connectivity index (χ1n) is 5.13. The summed E-state index contributed by atoms with van der Waals surface area (Å²) >= 11 is 0. The topological polar surface area (TPSA) is 117 Å². The van der Waals surface area contributed by atoms with Crippen molar-refractivity contribution in [1.29, 1.82) is 0 Å². The van der Waals surface area contributed by atoms with Gasteiger partial charge in [0.1, 0.15) is 0 Å². The fraction of sp³-hybridized carbons (Fsp3) is 0.556. The summed E-state index contributed by atoms with van der Waals surface area (Å²) in [5.41, 5.74) is 5.28. The summed E-state index contributed by atoms with van der Waals surface area (Å²) in [6.07, 6.45) is 0. The van der Waals surface area contributed by atoms with Gasteiger partial charge in [0, 0.05) is 13.1 Å². The van der Waals surface area contributed by atoms with Gasteiger partial charge in [0.25, 0.3) is 5.91 Å². The van der Waals surface area contributed by atoms with Crippen LogP contribution in [0.4, 0.5) is 5.95 Å². The Labute approximate surface area is 98.6 Å². The van der Waals surface area contributed by atoms with Gasteiger partial charge in [0.2, 0.25) is 17.7 Å². The lowest BCUT2D eigenvalue weighted by molar-refractivity contribution is -0.122. The van der Waals surface area contributed by atoms with E-state index in [4.69, 9.17) is 5.73 Å². The average molecular weight is 240 g/mol. The van der Waals surface area contributed by atoms with Crippen LogP contribution in [0.25, 0.3) is 0 Å². The van der Waals surface area contributed by atoms with Crippen molar-refractivity contribution >= 4 is 17.8 Å². The third-order valence-electron chi connectivity index (χ3n) is 1.88. The minimum Gasteiger partial charge on any atom is -0.366 e. The van der Waals surface area contributed by atoms with Crippen LogP contribution in [-0.4, -0.2) is 51.5 Å². The van der Waals surface area contributed by atoms with Gasteiger partial charge in [-0.2, -0.15) is 4.98 Å². The van der Waals surface area contributed by atoms with Gasteiger partial charge in [-0.05, 0) is 13.8 Å². The van der Waals surface area contributed by atoms with Gasteiger partial charge in [-0.1, -0.05) is 0 Å². The molecule has 0 aliphatic heterocycles. The fourth-order valence-corrected chi connectivity index (χ4v) is 1.21. The number of likely N-dealkylation sites (N-methyl/N-ethyl adjacent to an activating group) is 1. The monoisotopic (exact) mass is 240 g/mol. The Balaban J connectivity index is 2.56. The van der Waals surface area contributed by atoms with E-state index < -0.39 is 5.91 Å². The number of aromatic nitrogens is 3. The van der Waals surface area contributed by atoms with Crippen LogP contribution in [-0.2, 0) is 4.79 Å². The average Bonchev–Trinajstić information content (AvgIpc) is 2.62. The highest BCUT2D eigenvalue weighted by atomic mass is 16.2. The maximum absolute atomic E-state index is 11.7. The molecule has 8 heteroatoms. The molecule has 0 fully saturated rings. The van der Waals surface area contributed by atoms with E-state index in [2.05, 4.69) is 20.5 Å². The molecule has 1 heterocycles. The number of carbonyl (C=O) groups is 2. The van der Waals surface area contributed by atoms with Crippen molar-refractivity contribution in [2.45, 2.75) is 19.9 Å². The Bertz CT molecular complexity index is 413. The number of carbonyl (C=O) groups excluding carboxylic acids is 2. The summed E-state index contributed by atoms with van der Waals surface area (Å²) < 4.78 is 0. The Kier molecular flexibility index (Phi) is 4.02. The quantitative estimate of drug-likeness (QED) is 0.623. The molecule has 0 bridgehead atoms. The molecule has 0 unspecified atom stereocenters. The van der Waals surface area contributed by atoms with Crippen molar-refractivity contribution in [2.75, 3.05) is 19.3 Å². The first kappa shape index (κ1) is 12.9. The second-order valence-corrected chi connectivity index (χ2v) is 3.93. The Morgan fingerprint density at radius 2 is 2.18 bits per heavy atom. The highest BCUT2D eigenvalue weighted by Gasteiger charge is 2.18. The maximum atomic E-state index is 11.7. The van der Waals surface area contributed by atoms with Gasteiger partial charge in [0.05, 0.1) is 6.54 Å². The molecular weight excluding hydrogens is 224 g/mol. The standard InChI is InChI=1S/C9H16N6O2/c1-5(2)11-6(16)4-15(3)8(17)7-12-9(10)14-13-7/h5H,4H2,1-3H3,(H,11,16)(H3,10,12,13,14). The van der Waals surface area contributed by atoms with Gasteiger partial charge in [-0.15, -0.1) is 5.10 Å². The zero-order chi connectivity index (χ0) is 13.0. The molecule has 0 radical (unpaired) electrons. The van der Waals surface area contributed by atoms with Crippen molar-refractivity contribution in [1.82, 2.24) is 25.4 Å². The first-order valence-corrected chi connectivity index (χ1v) is 5.13. The number of nitrogens with two attached hydrogens (primary N) is 1. The molecule has 1 aromatic heterocycles. The van der Waals surface area contributed by atoms with Crippen molar-refractivity contribution in [2.24, 2.45) is 0 Å². The molecule has 1 rings (SSSR count). The highest BCUT2D eigenvalue weighted by Crippen LogP contribution is 1.98. The number of nitrogens with one attached hydrogen (secondary N) is 2. The lowest BCUT2D eigenvalue weighted by Gasteiger charge is -2.16. The molecule has 0 aliphatic rings. The van der Waals surface area contributed by atoms with Crippen molar-refractivity contribution < 1.29 is 9.59 Å². The Morgan fingerprint density at radius 3 is 2.65 bits per heavy atom. The number of anilines is 1. The predicted octanol–water partition coefficient (Wildman–Crippen LogP) is -1.02. The van der Waals surface area contributed by atoms with E-state index >= 15 is 0 Å². The van der Waals surface area contributed by atoms with Crippen LogP contribution in [0.3, 0.4) is 0 Å². The summed E-state index contributed by atoms with van der Waals surface area (Å²) in [5, 5.41) is 8.61. The molecule has 0 saturated heterocycles. The number of hydrogen-bond donors (Lipinski definition) is 3. The van der Waals surface area contributed by atoms with Crippen molar-refractivity contribution in [3.63, 3.8) is 0 Å². The van der Waals surface area contributed by atoms with Crippen LogP contribution in [0.5, 0.6) is 0 Å². The van der Waals surface area contributed by atoms with E-state index in [1.807, 2.05) is 13.8 Å². The van der Waals surface area contributed by atoms with Crippen molar-refractivity contribution in [3.8, 4) is 0 Å².